The fourth-order valence-electron chi connectivity index (χ4n) is 1.19. The molecule has 0 spiro atoms. The molecule has 0 amide bonds. The van der Waals surface area contributed by atoms with Gasteiger partial charge in [0.25, 0.3) is 0 Å². The predicted molar refractivity (Wildman–Crippen MR) is 58.0 cm³/mol. The minimum Gasteiger partial charge on any atom is -0.0985 e. The van der Waals surface area contributed by atoms with Crippen LogP contribution in [-0.2, 0) is 0 Å². The molecule has 0 saturated carbocycles. The monoisotopic (exact) mass is 180 g/mol. The standard InChI is InChI=1S/C11H16S/c1-4-7-12-11-8-9(2)5-6-10(11)3/h4,6-9H,5H2,1-3H3/b7-4+. The summed E-state index contributed by atoms with van der Waals surface area (Å²) in [4.78, 5) is 1.42. The molecule has 1 heteroatoms. The van der Waals surface area contributed by atoms with E-state index in [2.05, 4.69) is 44.4 Å². The van der Waals surface area contributed by atoms with Crippen LogP contribution in [-0.4, -0.2) is 0 Å². The normalized spacial score (nSPS) is 24.1. The summed E-state index contributed by atoms with van der Waals surface area (Å²) in [7, 11) is 0. The number of rotatable bonds is 2. The average molecular weight is 180 g/mol. The highest BCUT2D eigenvalue weighted by Gasteiger charge is 2.08. The third kappa shape index (κ3) is 2.56. The highest BCUT2D eigenvalue weighted by Crippen LogP contribution is 2.31. The molecule has 0 aliphatic heterocycles. The Bertz CT molecular complexity index is 233. The summed E-state index contributed by atoms with van der Waals surface area (Å²) in [5.74, 6) is 0.710. The van der Waals surface area contributed by atoms with Crippen LogP contribution < -0.4 is 0 Å². The molecule has 1 atom stereocenters. The van der Waals surface area contributed by atoms with Crippen molar-refractivity contribution in [3.8, 4) is 0 Å². The maximum absolute atomic E-state index is 2.36. The lowest BCUT2D eigenvalue weighted by molar-refractivity contribution is 0.729. The molecular weight excluding hydrogens is 164 g/mol. The van der Waals surface area contributed by atoms with Gasteiger partial charge in [-0.2, -0.15) is 0 Å². The third-order valence-corrected chi connectivity index (χ3v) is 3.07. The summed E-state index contributed by atoms with van der Waals surface area (Å²) in [5, 5.41) is 2.14. The van der Waals surface area contributed by atoms with Crippen molar-refractivity contribution >= 4 is 11.8 Å². The highest BCUT2D eigenvalue weighted by atomic mass is 32.2. The van der Waals surface area contributed by atoms with E-state index in [0.717, 1.165) is 0 Å². The van der Waals surface area contributed by atoms with Gasteiger partial charge in [-0.25, -0.2) is 0 Å². The number of allylic oxidation sites excluding steroid dienone is 4. The van der Waals surface area contributed by atoms with E-state index in [1.807, 2.05) is 11.8 Å². The summed E-state index contributed by atoms with van der Waals surface area (Å²) in [6.07, 6.45) is 7.97. The van der Waals surface area contributed by atoms with Crippen molar-refractivity contribution in [2.24, 2.45) is 5.92 Å². The zero-order valence-electron chi connectivity index (χ0n) is 8.00. The van der Waals surface area contributed by atoms with E-state index >= 15 is 0 Å². The van der Waals surface area contributed by atoms with Gasteiger partial charge in [0.2, 0.25) is 0 Å². The van der Waals surface area contributed by atoms with Crippen LogP contribution >= 0.6 is 11.8 Å². The zero-order valence-corrected chi connectivity index (χ0v) is 8.82. The van der Waals surface area contributed by atoms with Gasteiger partial charge in [0, 0.05) is 4.91 Å². The molecule has 12 heavy (non-hydrogen) atoms. The smallest absolute Gasteiger partial charge is 0.0105 e. The molecule has 0 bridgehead atoms. The minimum absolute atomic E-state index is 0.710. The molecule has 1 rings (SSSR count). The SMILES string of the molecule is C/C=C/SC1=CC(C)CC=C1C. The van der Waals surface area contributed by atoms with Gasteiger partial charge < -0.3 is 0 Å². The molecule has 0 nitrogen and oxygen atoms in total. The van der Waals surface area contributed by atoms with Crippen LogP contribution in [0.25, 0.3) is 0 Å². The van der Waals surface area contributed by atoms with Gasteiger partial charge in [-0.15, -0.1) is 0 Å². The van der Waals surface area contributed by atoms with Crippen molar-refractivity contribution in [1.82, 2.24) is 0 Å². The second kappa shape index (κ2) is 4.56. The van der Waals surface area contributed by atoms with E-state index in [0.29, 0.717) is 5.92 Å². The number of hydrogen-bond acceptors (Lipinski definition) is 1. The van der Waals surface area contributed by atoms with E-state index < -0.39 is 0 Å². The van der Waals surface area contributed by atoms with E-state index in [4.69, 9.17) is 0 Å². The molecule has 0 aromatic heterocycles. The second-order valence-electron chi connectivity index (χ2n) is 3.22. The topological polar surface area (TPSA) is 0 Å². The molecule has 1 unspecified atom stereocenters. The summed E-state index contributed by atoms with van der Waals surface area (Å²) in [5.41, 5.74) is 1.43. The molecule has 0 aromatic carbocycles. The first-order chi connectivity index (χ1) is 5.74. The van der Waals surface area contributed by atoms with Gasteiger partial charge in [-0.3, -0.25) is 0 Å². The van der Waals surface area contributed by atoms with E-state index in [1.165, 1.54) is 16.9 Å². The first-order valence-electron chi connectivity index (χ1n) is 4.41. The third-order valence-electron chi connectivity index (χ3n) is 1.95. The van der Waals surface area contributed by atoms with Gasteiger partial charge in [-0.05, 0) is 37.2 Å². The Balaban J connectivity index is 2.65. The molecule has 66 valence electrons. The summed E-state index contributed by atoms with van der Waals surface area (Å²) < 4.78 is 0. The van der Waals surface area contributed by atoms with Crippen molar-refractivity contribution in [2.45, 2.75) is 27.2 Å². The van der Waals surface area contributed by atoms with Gasteiger partial charge >= 0.3 is 0 Å². The van der Waals surface area contributed by atoms with Crippen molar-refractivity contribution in [3.05, 3.63) is 34.1 Å². The Hall–Kier alpha value is -0.430. The molecule has 0 radical (unpaired) electrons. The van der Waals surface area contributed by atoms with Crippen LogP contribution in [0.15, 0.2) is 34.1 Å². The summed E-state index contributed by atoms with van der Waals surface area (Å²) in [6.45, 7) is 6.51. The molecule has 1 aliphatic rings. The van der Waals surface area contributed by atoms with E-state index in [9.17, 15) is 0 Å². The lowest BCUT2D eigenvalue weighted by Gasteiger charge is -2.14. The van der Waals surface area contributed by atoms with Gasteiger partial charge in [-0.1, -0.05) is 36.9 Å². The van der Waals surface area contributed by atoms with Crippen molar-refractivity contribution in [2.75, 3.05) is 0 Å². The first kappa shape index (κ1) is 9.66. The van der Waals surface area contributed by atoms with Crippen molar-refractivity contribution in [3.63, 3.8) is 0 Å². The zero-order chi connectivity index (χ0) is 8.97. The van der Waals surface area contributed by atoms with Crippen LogP contribution in [0.2, 0.25) is 0 Å². The number of hydrogen-bond donors (Lipinski definition) is 0. The Kier molecular flexibility index (Phi) is 3.67. The van der Waals surface area contributed by atoms with E-state index in [1.54, 1.807) is 0 Å². The Morgan fingerprint density at radius 3 is 3.00 bits per heavy atom. The fourth-order valence-corrected chi connectivity index (χ4v) is 2.06. The lowest BCUT2D eigenvalue weighted by atomic mass is 9.99. The quantitative estimate of drug-likeness (QED) is 0.616. The van der Waals surface area contributed by atoms with E-state index in [-0.39, 0.29) is 0 Å². The predicted octanol–water partition coefficient (Wildman–Crippen LogP) is 4.12. The van der Waals surface area contributed by atoms with Gasteiger partial charge in [0.15, 0.2) is 0 Å². The summed E-state index contributed by atoms with van der Waals surface area (Å²) >= 11 is 1.82. The van der Waals surface area contributed by atoms with Crippen LogP contribution in [0.3, 0.4) is 0 Å². The van der Waals surface area contributed by atoms with Crippen LogP contribution in [0, 0.1) is 5.92 Å². The molecule has 0 saturated heterocycles. The Labute approximate surface area is 79.4 Å². The fraction of sp³-hybridized carbons (Fsp3) is 0.455. The molecule has 0 heterocycles. The minimum atomic E-state index is 0.710. The highest BCUT2D eigenvalue weighted by molar-refractivity contribution is 8.06. The van der Waals surface area contributed by atoms with Crippen LogP contribution in [0.4, 0.5) is 0 Å². The van der Waals surface area contributed by atoms with Crippen molar-refractivity contribution < 1.29 is 0 Å². The Morgan fingerprint density at radius 2 is 2.33 bits per heavy atom. The van der Waals surface area contributed by atoms with Gasteiger partial charge in [0.05, 0.1) is 0 Å². The maximum atomic E-state index is 2.36. The first-order valence-corrected chi connectivity index (χ1v) is 5.28. The van der Waals surface area contributed by atoms with Crippen LogP contribution in [0.5, 0.6) is 0 Å². The average Bonchev–Trinajstić information content (AvgIpc) is 2.07. The molecule has 1 aliphatic carbocycles. The largest absolute Gasteiger partial charge is 0.0985 e. The summed E-state index contributed by atoms with van der Waals surface area (Å²) in [6, 6.07) is 0. The van der Waals surface area contributed by atoms with Crippen molar-refractivity contribution in [1.29, 1.82) is 0 Å². The second-order valence-corrected chi connectivity index (χ2v) is 4.17. The maximum Gasteiger partial charge on any atom is 0.0105 e. The lowest BCUT2D eigenvalue weighted by Crippen LogP contribution is -1.96. The van der Waals surface area contributed by atoms with Gasteiger partial charge in [0.1, 0.15) is 0 Å². The molecule has 0 fully saturated rings. The number of thioether (sulfide) groups is 1. The Morgan fingerprint density at radius 1 is 1.58 bits per heavy atom. The molecule has 0 N–H and O–H groups in total. The van der Waals surface area contributed by atoms with Crippen LogP contribution in [0.1, 0.15) is 27.2 Å². The molecule has 0 aromatic rings. The molecular formula is C11H16S.